The number of carbonyl (C=O) groups is 1. The smallest absolute Gasteiger partial charge is 0.143 e. The number of benzene rings is 1. The van der Waals surface area contributed by atoms with Gasteiger partial charge in [0.2, 0.25) is 0 Å². The second-order valence-electron chi connectivity index (χ2n) is 3.64. The van der Waals surface area contributed by atoms with Gasteiger partial charge < -0.3 is 4.98 Å². The minimum Gasteiger partial charge on any atom is -0.358 e. The van der Waals surface area contributed by atoms with E-state index >= 15 is 0 Å². The quantitative estimate of drug-likeness (QED) is 0.765. The third-order valence-electron chi connectivity index (χ3n) is 2.71. The van der Waals surface area contributed by atoms with E-state index in [1.807, 2.05) is 18.2 Å². The number of aromatic nitrogens is 1. The van der Waals surface area contributed by atoms with Crippen LogP contribution in [-0.2, 0) is 17.6 Å². The molecule has 0 aliphatic heterocycles. The summed E-state index contributed by atoms with van der Waals surface area (Å²) in [5, 5.41) is 1.17. The summed E-state index contributed by atoms with van der Waals surface area (Å²) in [5.74, 6) is 0.309. The molecule has 0 saturated carbocycles. The molecule has 1 heterocycles. The summed E-state index contributed by atoms with van der Waals surface area (Å²) in [4.78, 5) is 14.6. The Kier molecular flexibility index (Phi) is 1.59. The average Bonchev–Trinajstić information content (AvgIpc) is 2.60. The molecule has 0 bridgehead atoms. The Labute approximate surface area is 89.4 Å². The molecular weight excluding hydrogens is 242 g/mol. The minimum atomic E-state index is 0.309. The first kappa shape index (κ1) is 8.24. The monoisotopic (exact) mass is 249 g/mol. The van der Waals surface area contributed by atoms with Crippen molar-refractivity contribution in [3.8, 4) is 0 Å². The van der Waals surface area contributed by atoms with E-state index in [0.717, 1.165) is 15.7 Å². The molecule has 0 radical (unpaired) electrons. The fraction of sp³-hybridized carbons (Fsp3) is 0.182. The number of hydrogen-bond donors (Lipinski definition) is 1. The molecule has 70 valence electrons. The van der Waals surface area contributed by atoms with Crippen LogP contribution in [-0.4, -0.2) is 10.8 Å². The summed E-state index contributed by atoms with van der Waals surface area (Å²) in [6.45, 7) is 0. The Hall–Kier alpha value is -1.09. The summed E-state index contributed by atoms with van der Waals surface area (Å²) in [7, 11) is 0. The van der Waals surface area contributed by atoms with Crippen molar-refractivity contribution in [1.82, 2.24) is 4.98 Å². The zero-order chi connectivity index (χ0) is 9.71. The molecule has 0 unspecified atom stereocenters. The number of ketones is 1. The highest BCUT2D eigenvalue weighted by Gasteiger charge is 2.23. The number of aromatic amines is 1. The Morgan fingerprint density at radius 3 is 3.00 bits per heavy atom. The van der Waals surface area contributed by atoms with Crippen molar-refractivity contribution in [2.24, 2.45) is 0 Å². The molecule has 1 N–H and O–H groups in total. The van der Waals surface area contributed by atoms with Crippen LogP contribution in [0.5, 0.6) is 0 Å². The van der Waals surface area contributed by atoms with Gasteiger partial charge in [-0.3, -0.25) is 4.79 Å². The van der Waals surface area contributed by atoms with Crippen molar-refractivity contribution in [2.75, 3.05) is 0 Å². The van der Waals surface area contributed by atoms with E-state index < -0.39 is 0 Å². The summed E-state index contributed by atoms with van der Waals surface area (Å²) in [6.07, 6.45) is 1.15. The molecule has 2 aromatic rings. The molecule has 2 nitrogen and oxygen atoms in total. The van der Waals surface area contributed by atoms with Gasteiger partial charge in [0.25, 0.3) is 0 Å². The molecule has 1 aromatic heterocycles. The van der Waals surface area contributed by atoms with Gasteiger partial charge >= 0.3 is 0 Å². The second kappa shape index (κ2) is 2.70. The van der Waals surface area contributed by atoms with E-state index in [9.17, 15) is 4.79 Å². The number of H-pyrrole nitrogens is 1. The Morgan fingerprint density at radius 2 is 2.14 bits per heavy atom. The number of Topliss-reactive ketones (excluding diaryl/α,β-unsaturated/α-hetero) is 1. The molecule has 0 atom stereocenters. The van der Waals surface area contributed by atoms with E-state index in [-0.39, 0.29) is 0 Å². The van der Waals surface area contributed by atoms with Crippen LogP contribution in [0.25, 0.3) is 10.9 Å². The first-order valence-corrected chi connectivity index (χ1v) is 5.34. The van der Waals surface area contributed by atoms with E-state index in [4.69, 9.17) is 0 Å². The van der Waals surface area contributed by atoms with Crippen LogP contribution in [0, 0.1) is 0 Å². The molecule has 0 spiro atoms. The lowest BCUT2D eigenvalue weighted by Gasteiger charge is -1.95. The molecule has 3 rings (SSSR count). The highest BCUT2D eigenvalue weighted by atomic mass is 79.9. The van der Waals surface area contributed by atoms with Gasteiger partial charge in [-0.1, -0.05) is 22.0 Å². The number of hydrogen-bond acceptors (Lipinski definition) is 1. The number of nitrogens with one attached hydrogen (secondary N) is 1. The summed E-state index contributed by atoms with van der Waals surface area (Å²) in [6, 6.07) is 6.06. The number of halogens is 1. The van der Waals surface area contributed by atoms with Crippen LogP contribution >= 0.6 is 15.9 Å². The van der Waals surface area contributed by atoms with Gasteiger partial charge in [-0.05, 0) is 17.7 Å². The van der Waals surface area contributed by atoms with Crippen molar-refractivity contribution in [2.45, 2.75) is 12.8 Å². The fourth-order valence-corrected chi connectivity index (χ4v) is 2.73. The van der Waals surface area contributed by atoms with Gasteiger partial charge in [-0.25, -0.2) is 0 Å². The number of carbonyl (C=O) groups excluding carboxylic acids is 1. The van der Waals surface area contributed by atoms with Crippen molar-refractivity contribution < 1.29 is 4.79 Å². The van der Waals surface area contributed by atoms with Crippen LogP contribution < -0.4 is 0 Å². The van der Waals surface area contributed by atoms with Crippen LogP contribution in [0.1, 0.15) is 11.3 Å². The van der Waals surface area contributed by atoms with Gasteiger partial charge in [0.05, 0.1) is 0 Å². The first-order valence-electron chi connectivity index (χ1n) is 4.55. The zero-order valence-corrected chi connectivity index (χ0v) is 9.02. The molecule has 1 aliphatic carbocycles. The van der Waals surface area contributed by atoms with Crippen molar-refractivity contribution >= 4 is 32.6 Å². The third-order valence-corrected chi connectivity index (χ3v) is 3.37. The highest BCUT2D eigenvalue weighted by Crippen LogP contribution is 2.33. The molecule has 14 heavy (non-hydrogen) atoms. The zero-order valence-electron chi connectivity index (χ0n) is 7.43. The molecular formula is C11H8BrNO. The molecule has 0 saturated heterocycles. The molecule has 0 amide bonds. The van der Waals surface area contributed by atoms with E-state index in [0.29, 0.717) is 18.6 Å². The van der Waals surface area contributed by atoms with Gasteiger partial charge in [-0.15, -0.1) is 0 Å². The fourth-order valence-electron chi connectivity index (χ4n) is 2.13. The van der Waals surface area contributed by atoms with Crippen LogP contribution in [0.4, 0.5) is 0 Å². The Morgan fingerprint density at radius 1 is 1.29 bits per heavy atom. The second-order valence-corrected chi connectivity index (χ2v) is 4.49. The third kappa shape index (κ3) is 0.989. The molecule has 1 aromatic carbocycles. The molecule has 1 aliphatic rings. The number of fused-ring (bicyclic) bond motifs is 3. The van der Waals surface area contributed by atoms with E-state index in [1.54, 1.807) is 0 Å². The van der Waals surface area contributed by atoms with Crippen molar-refractivity contribution in [3.05, 3.63) is 33.9 Å². The van der Waals surface area contributed by atoms with E-state index in [1.165, 1.54) is 10.9 Å². The highest BCUT2D eigenvalue weighted by molar-refractivity contribution is 9.10. The lowest BCUT2D eigenvalue weighted by molar-refractivity contribution is -0.117. The topological polar surface area (TPSA) is 32.9 Å². The standard InChI is InChI=1S/C11H8BrNO/c12-8-2-1-3-9-11(8)7-4-6(14)5-10(7)13-9/h1-3,13H,4-5H2. The van der Waals surface area contributed by atoms with E-state index in [2.05, 4.69) is 20.9 Å². The lowest BCUT2D eigenvalue weighted by atomic mass is 10.1. The van der Waals surface area contributed by atoms with Crippen LogP contribution in [0.2, 0.25) is 0 Å². The maximum absolute atomic E-state index is 11.3. The SMILES string of the molecule is O=C1Cc2[nH]c3cccc(Br)c3c2C1. The van der Waals surface area contributed by atoms with Gasteiger partial charge in [-0.2, -0.15) is 0 Å². The van der Waals surface area contributed by atoms with Crippen LogP contribution in [0.3, 0.4) is 0 Å². The normalized spacial score (nSPS) is 15.1. The van der Waals surface area contributed by atoms with Crippen molar-refractivity contribution in [1.29, 1.82) is 0 Å². The lowest BCUT2D eigenvalue weighted by Crippen LogP contribution is -1.95. The Balaban J connectivity index is 2.40. The van der Waals surface area contributed by atoms with Crippen molar-refractivity contribution in [3.63, 3.8) is 0 Å². The minimum absolute atomic E-state index is 0.309. The maximum Gasteiger partial charge on any atom is 0.143 e. The predicted molar refractivity (Wildman–Crippen MR) is 58.4 cm³/mol. The first-order chi connectivity index (χ1) is 6.75. The van der Waals surface area contributed by atoms with Gasteiger partial charge in [0.1, 0.15) is 5.78 Å². The summed E-state index contributed by atoms with van der Waals surface area (Å²) < 4.78 is 1.07. The largest absolute Gasteiger partial charge is 0.358 e. The molecule has 0 fully saturated rings. The van der Waals surface area contributed by atoms with Gasteiger partial charge in [0.15, 0.2) is 0 Å². The summed E-state index contributed by atoms with van der Waals surface area (Å²) in [5.41, 5.74) is 3.39. The number of rotatable bonds is 0. The van der Waals surface area contributed by atoms with Gasteiger partial charge in [0, 0.05) is 33.9 Å². The average molecular weight is 250 g/mol. The predicted octanol–water partition coefficient (Wildman–Crippen LogP) is 2.60. The maximum atomic E-state index is 11.3. The Bertz CT molecular complexity index is 541. The van der Waals surface area contributed by atoms with Crippen LogP contribution in [0.15, 0.2) is 22.7 Å². The summed E-state index contributed by atoms with van der Waals surface area (Å²) >= 11 is 3.52. The molecule has 3 heteroatoms.